The topological polar surface area (TPSA) is 58.2 Å². The Morgan fingerprint density at radius 3 is 2.68 bits per heavy atom. The molecule has 2 aliphatic rings. The third-order valence-corrected chi connectivity index (χ3v) is 7.34. The lowest BCUT2D eigenvalue weighted by Crippen LogP contribution is -2.50. The minimum Gasteiger partial charge on any atom is -0.369 e. The molecule has 174 valence electrons. The van der Waals surface area contributed by atoms with Gasteiger partial charge in [0.15, 0.2) is 0 Å². The highest BCUT2D eigenvalue weighted by Gasteiger charge is 2.29. The second-order valence-corrected chi connectivity index (χ2v) is 9.58. The number of hydrogen-bond acceptors (Lipinski definition) is 5. The van der Waals surface area contributed by atoms with E-state index in [0.717, 1.165) is 54.2 Å². The van der Waals surface area contributed by atoms with E-state index in [1.165, 1.54) is 25.0 Å². The predicted octanol–water partition coefficient (Wildman–Crippen LogP) is 4.07. The smallest absolute Gasteiger partial charge is 0.258 e. The number of aryl methyl sites for hydroxylation is 2. The fourth-order valence-corrected chi connectivity index (χ4v) is 5.25. The number of anilines is 1. The van der Waals surface area contributed by atoms with E-state index in [4.69, 9.17) is 4.98 Å². The van der Waals surface area contributed by atoms with Crippen molar-refractivity contribution in [3.8, 4) is 11.3 Å². The summed E-state index contributed by atoms with van der Waals surface area (Å²) in [4.78, 5) is 27.4. The van der Waals surface area contributed by atoms with Gasteiger partial charge in [-0.15, -0.1) is 0 Å². The van der Waals surface area contributed by atoms with Crippen molar-refractivity contribution in [1.82, 2.24) is 23.7 Å². The molecule has 7 heteroatoms. The van der Waals surface area contributed by atoms with Gasteiger partial charge in [0.25, 0.3) is 5.56 Å². The predicted molar refractivity (Wildman–Crippen MR) is 135 cm³/mol. The first-order valence-electron chi connectivity index (χ1n) is 12.2. The van der Waals surface area contributed by atoms with Gasteiger partial charge in [0.1, 0.15) is 11.3 Å². The van der Waals surface area contributed by atoms with Crippen LogP contribution in [-0.2, 0) is 6.42 Å². The van der Waals surface area contributed by atoms with Crippen LogP contribution in [0.3, 0.4) is 0 Å². The second kappa shape index (κ2) is 8.01. The van der Waals surface area contributed by atoms with Gasteiger partial charge in [-0.2, -0.15) is 0 Å². The molecule has 1 saturated carbocycles. The van der Waals surface area contributed by atoms with Crippen LogP contribution >= 0.6 is 0 Å². The van der Waals surface area contributed by atoms with Crippen LogP contribution in [0.2, 0.25) is 0 Å². The van der Waals surface area contributed by atoms with Gasteiger partial charge in [0.2, 0.25) is 0 Å². The zero-order valence-corrected chi connectivity index (χ0v) is 19.9. The number of aromatic nitrogens is 4. The molecule has 0 bridgehead atoms. The van der Waals surface area contributed by atoms with Crippen molar-refractivity contribution in [2.75, 3.05) is 24.5 Å². The van der Waals surface area contributed by atoms with Crippen molar-refractivity contribution in [2.45, 2.75) is 45.6 Å². The van der Waals surface area contributed by atoms with Crippen LogP contribution in [0.4, 0.5) is 5.69 Å². The van der Waals surface area contributed by atoms with Crippen molar-refractivity contribution in [2.24, 2.45) is 0 Å². The minimum absolute atomic E-state index is 0.0752. The molecule has 6 rings (SSSR count). The fraction of sp³-hybridized carbons (Fsp3) is 0.370. The SMILES string of the molecule is C=C1CN(c2ccc3nc(-c4cc(CC)c5nc(C)cn5c4)cc(=O)n3c2)CCN1C1CCC1. The molecule has 4 aromatic rings. The first kappa shape index (κ1) is 21.0. The van der Waals surface area contributed by atoms with Crippen molar-refractivity contribution in [3.05, 3.63) is 76.7 Å². The van der Waals surface area contributed by atoms with E-state index in [-0.39, 0.29) is 5.56 Å². The highest BCUT2D eigenvalue weighted by atomic mass is 16.1. The average molecular weight is 455 g/mol. The maximum atomic E-state index is 13.1. The van der Waals surface area contributed by atoms with Gasteiger partial charge in [-0.3, -0.25) is 9.20 Å². The number of nitrogens with zero attached hydrogens (tertiary/aromatic N) is 6. The van der Waals surface area contributed by atoms with Crippen LogP contribution in [0, 0.1) is 6.92 Å². The Morgan fingerprint density at radius 1 is 1.09 bits per heavy atom. The van der Waals surface area contributed by atoms with Crippen LogP contribution < -0.4 is 10.5 Å². The monoisotopic (exact) mass is 454 g/mol. The molecule has 0 radical (unpaired) electrons. The van der Waals surface area contributed by atoms with Crippen LogP contribution in [0.1, 0.15) is 37.4 Å². The standard InChI is InChI=1S/C27H30N6O/c1-4-20-12-21(16-31-14-18(2)28-27(20)31)24-13-26(34)33-17-23(8-9-25(33)29-24)30-10-11-32(19(3)15-30)22-6-5-7-22/h8-9,12-14,16-17,22H,3-7,10-11,15H2,1-2H3. The fourth-order valence-electron chi connectivity index (χ4n) is 5.25. The third-order valence-electron chi connectivity index (χ3n) is 7.34. The Balaban J connectivity index is 1.33. The Morgan fingerprint density at radius 2 is 1.94 bits per heavy atom. The summed E-state index contributed by atoms with van der Waals surface area (Å²) in [6.07, 6.45) is 10.7. The molecule has 34 heavy (non-hydrogen) atoms. The summed E-state index contributed by atoms with van der Waals surface area (Å²) in [6.45, 7) is 11.2. The van der Waals surface area contributed by atoms with Crippen LogP contribution in [0.25, 0.3) is 22.6 Å². The van der Waals surface area contributed by atoms with Gasteiger partial charge >= 0.3 is 0 Å². The van der Waals surface area contributed by atoms with Crippen LogP contribution in [0.5, 0.6) is 0 Å². The maximum absolute atomic E-state index is 13.1. The van der Waals surface area contributed by atoms with Gasteiger partial charge in [0, 0.05) is 55.0 Å². The first-order chi connectivity index (χ1) is 16.5. The van der Waals surface area contributed by atoms with Gasteiger partial charge in [-0.05, 0) is 56.4 Å². The Bertz CT molecular complexity index is 1480. The zero-order valence-electron chi connectivity index (χ0n) is 19.9. The number of fused-ring (bicyclic) bond motifs is 2. The van der Waals surface area contributed by atoms with E-state index >= 15 is 0 Å². The lowest BCUT2D eigenvalue weighted by Gasteiger charge is -2.46. The molecule has 0 spiro atoms. The number of imidazole rings is 1. The molecule has 0 amide bonds. The van der Waals surface area contributed by atoms with E-state index in [2.05, 4.69) is 40.4 Å². The molecule has 0 aromatic carbocycles. The van der Waals surface area contributed by atoms with E-state index < -0.39 is 0 Å². The summed E-state index contributed by atoms with van der Waals surface area (Å²) in [5.41, 5.74) is 7.47. The quantitative estimate of drug-likeness (QED) is 0.465. The minimum atomic E-state index is -0.0752. The normalized spacial score (nSPS) is 17.1. The molecule has 5 heterocycles. The summed E-state index contributed by atoms with van der Waals surface area (Å²) >= 11 is 0. The summed E-state index contributed by atoms with van der Waals surface area (Å²) < 4.78 is 3.69. The van der Waals surface area contributed by atoms with E-state index in [1.807, 2.05) is 36.0 Å². The molecule has 1 saturated heterocycles. The van der Waals surface area contributed by atoms with Gasteiger partial charge in [-0.1, -0.05) is 13.5 Å². The van der Waals surface area contributed by atoms with Crippen molar-refractivity contribution >= 4 is 17.0 Å². The summed E-state index contributed by atoms with van der Waals surface area (Å²) in [5.74, 6) is 0. The molecule has 1 aliphatic heterocycles. The highest BCUT2D eigenvalue weighted by molar-refractivity contribution is 5.66. The molecule has 0 unspecified atom stereocenters. The van der Waals surface area contributed by atoms with Crippen molar-refractivity contribution in [3.63, 3.8) is 0 Å². The molecular weight excluding hydrogens is 424 g/mol. The lowest BCUT2D eigenvalue weighted by atomic mass is 9.90. The number of rotatable bonds is 4. The van der Waals surface area contributed by atoms with Gasteiger partial charge in [0.05, 0.1) is 23.6 Å². The largest absolute Gasteiger partial charge is 0.369 e. The molecule has 1 aliphatic carbocycles. The number of pyridine rings is 2. The Labute approximate surface area is 199 Å². The Kier molecular flexibility index (Phi) is 4.94. The molecule has 2 fully saturated rings. The van der Waals surface area contributed by atoms with E-state index in [1.54, 1.807) is 10.5 Å². The molecule has 7 nitrogen and oxygen atoms in total. The summed E-state index contributed by atoms with van der Waals surface area (Å²) in [7, 11) is 0. The number of hydrogen-bond donors (Lipinski definition) is 0. The molecular formula is C27H30N6O. The Hall–Kier alpha value is -3.61. The van der Waals surface area contributed by atoms with Crippen molar-refractivity contribution in [1.29, 1.82) is 0 Å². The van der Waals surface area contributed by atoms with E-state index in [0.29, 0.717) is 17.4 Å². The van der Waals surface area contributed by atoms with Gasteiger partial charge < -0.3 is 14.2 Å². The van der Waals surface area contributed by atoms with Gasteiger partial charge in [-0.25, -0.2) is 9.97 Å². The van der Waals surface area contributed by atoms with Crippen molar-refractivity contribution < 1.29 is 0 Å². The third kappa shape index (κ3) is 3.47. The number of piperazine rings is 1. The van der Waals surface area contributed by atoms with Crippen LogP contribution in [0.15, 0.2) is 59.9 Å². The maximum Gasteiger partial charge on any atom is 0.258 e. The molecule has 4 aromatic heterocycles. The average Bonchev–Trinajstić information content (AvgIpc) is 3.18. The second-order valence-electron chi connectivity index (χ2n) is 9.58. The molecule has 0 N–H and O–H groups in total. The van der Waals surface area contributed by atoms with Crippen LogP contribution in [-0.4, -0.2) is 49.3 Å². The first-order valence-corrected chi connectivity index (χ1v) is 12.2. The summed E-state index contributed by atoms with van der Waals surface area (Å²) in [5, 5.41) is 0. The lowest BCUT2D eigenvalue weighted by molar-refractivity contribution is 0.158. The summed E-state index contributed by atoms with van der Waals surface area (Å²) in [6, 6.07) is 8.42. The highest BCUT2D eigenvalue weighted by Crippen LogP contribution is 2.30. The zero-order chi connectivity index (χ0) is 23.4. The molecule has 0 atom stereocenters. The van der Waals surface area contributed by atoms with E-state index in [9.17, 15) is 4.79 Å².